The summed E-state index contributed by atoms with van der Waals surface area (Å²) in [5.74, 6) is 5.86. The summed E-state index contributed by atoms with van der Waals surface area (Å²) in [7, 11) is -2.92. The Morgan fingerprint density at radius 1 is 1.39 bits per heavy atom. The lowest BCUT2D eigenvalue weighted by Gasteiger charge is -2.17. The van der Waals surface area contributed by atoms with Crippen molar-refractivity contribution >= 4 is 21.4 Å². The van der Waals surface area contributed by atoms with Crippen LogP contribution in [0.4, 0.5) is 0 Å². The summed E-state index contributed by atoms with van der Waals surface area (Å²) in [6, 6.07) is 7.30. The number of hydrazine groups is 1. The van der Waals surface area contributed by atoms with E-state index >= 15 is 0 Å². The lowest BCUT2D eigenvalue weighted by Crippen LogP contribution is -2.28. The molecule has 0 amide bonds. The first-order valence-electron chi connectivity index (χ1n) is 5.91. The molecule has 0 aliphatic heterocycles. The van der Waals surface area contributed by atoms with Gasteiger partial charge in [-0.3, -0.25) is 11.3 Å². The third kappa shape index (κ3) is 4.57. The van der Waals surface area contributed by atoms with Crippen molar-refractivity contribution in [2.75, 3.05) is 11.5 Å². The first-order valence-corrected chi connectivity index (χ1v) is 8.11. The topological polar surface area (TPSA) is 72.2 Å². The van der Waals surface area contributed by atoms with Crippen LogP contribution < -0.4 is 11.3 Å². The van der Waals surface area contributed by atoms with Crippen LogP contribution in [0.25, 0.3) is 0 Å². The molecular weight excluding hydrogens is 272 g/mol. The first-order chi connectivity index (χ1) is 8.50. The van der Waals surface area contributed by atoms with Gasteiger partial charge in [0.2, 0.25) is 0 Å². The number of rotatable bonds is 7. The van der Waals surface area contributed by atoms with Gasteiger partial charge >= 0.3 is 0 Å². The Hall–Kier alpha value is -0.620. The van der Waals surface area contributed by atoms with Crippen LogP contribution in [-0.4, -0.2) is 19.9 Å². The highest BCUT2D eigenvalue weighted by Gasteiger charge is 2.14. The number of nitrogens with one attached hydrogen (secondary N) is 1. The Balaban J connectivity index is 2.61. The molecule has 0 saturated heterocycles. The Kier molecular flexibility index (Phi) is 6.08. The van der Waals surface area contributed by atoms with E-state index in [9.17, 15) is 8.42 Å². The summed E-state index contributed by atoms with van der Waals surface area (Å²) in [5, 5.41) is 0.638. The summed E-state index contributed by atoms with van der Waals surface area (Å²) in [4.78, 5) is 0. The third-order valence-corrected chi connectivity index (χ3v) is 5.00. The van der Waals surface area contributed by atoms with E-state index in [1.165, 1.54) is 0 Å². The molecule has 0 saturated carbocycles. The van der Waals surface area contributed by atoms with E-state index in [2.05, 4.69) is 5.43 Å². The molecule has 4 nitrogen and oxygen atoms in total. The summed E-state index contributed by atoms with van der Waals surface area (Å²) >= 11 is 6.08. The van der Waals surface area contributed by atoms with Crippen LogP contribution in [0.2, 0.25) is 5.02 Å². The van der Waals surface area contributed by atoms with Crippen molar-refractivity contribution in [3.63, 3.8) is 0 Å². The molecule has 18 heavy (non-hydrogen) atoms. The maximum absolute atomic E-state index is 11.4. The molecule has 6 heteroatoms. The molecule has 0 aliphatic carbocycles. The van der Waals surface area contributed by atoms with Crippen molar-refractivity contribution in [2.24, 2.45) is 5.84 Å². The van der Waals surface area contributed by atoms with Crippen molar-refractivity contribution in [1.82, 2.24) is 5.43 Å². The van der Waals surface area contributed by atoms with E-state index in [0.717, 1.165) is 5.56 Å². The van der Waals surface area contributed by atoms with Gasteiger partial charge in [0.05, 0.1) is 5.75 Å². The highest BCUT2D eigenvalue weighted by Crippen LogP contribution is 2.25. The molecule has 1 aromatic rings. The number of halogens is 1. The third-order valence-electron chi connectivity index (χ3n) is 2.87. The van der Waals surface area contributed by atoms with Crippen molar-refractivity contribution in [2.45, 2.75) is 25.8 Å². The van der Waals surface area contributed by atoms with Crippen LogP contribution in [0, 0.1) is 0 Å². The molecule has 0 aromatic heterocycles. The highest BCUT2D eigenvalue weighted by atomic mass is 35.5. The second-order valence-corrected chi connectivity index (χ2v) is 7.00. The molecule has 1 unspecified atom stereocenters. The van der Waals surface area contributed by atoms with Gasteiger partial charge in [-0.15, -0.1) is 0 Å². The van der Waals surface area contributed by atoms with Crippen LogP contribution in [0.1, 0.15) is 31.4 Å². The normalized spacial score (nSPS) is 13.5. The monoisotopic (exact) mass is 290 g/mol. The average molecular weight is 291 g/mol. The van der Waals surface area contributed by atoms with Gasteiger partial charge in [-0.1, -0.05) is 36.7 Å². The molecule has 3 N–H and O–H groups in total. The Morgan fingerprint density at radius 2 is 2.06 bits per heavy atom. The second-order valence-electron chi connectivity index (χ2n) is 4.12. The van der Waals surface area contributed by atoms with Crippen molar-refractivity contribution < 1.29 is 8.42 Å². The number of hydrogen-bond acceptors (Lipinski definition) is 4. The van der Waals surface area contributed by atoms with Crippen molar-refractivity contribution in [3.8, 4) is 0 Å². The first kappa shape index (κ1) is 15.4. The van der Waals surface area contributed by atoms with E-state index in [4.69, 9.17) is 17.4 Å². The summed E-state index contributed by atoms with van der Waals surface area (Å²) in [6.45, 7) is 1.65. The zero-order valence-electron chi connectivity index (χ0n) is 10.4. The van der Waals surface area contributed by atoms with Crippen LogP contribution in [-0.2, 0) is 9.84 Å². The smallest absolute Gasteiger partial charge is 0.150 e. The van der Waals surface area contributed by atoms with Gasteiger partial charge in [-0.2, -0.15) is 0 Å². The zero-order valence-corrected chi connectivity index (χ0v) is 12.0. The minimum absolute atomic E-state index is 0.120. The van der Waals surface area contributed by atoms with E-state index in [-0.39, 0.29) is 17.5 Å². The molecule has 102 valence electrons. The van der Waals surface area contributed by atoms with Crippen molar-refractivity contribution in [1.29, 1.82) is 0 Å². The molecule has 0 radical (unpaired) electrons. The van der Waals surface area contributed by atoms with Crippen LogP contribution in [0.3, 0.4) is 0 Å². The number of benzene rings is 1. The molecule has 1 atom stereocenters. The SMILES string of the molecule is CCS(=O)(=O)CCCC(NN)c1ccccc1Cl. The summed E-state index contributed by atoms with van der Waals surface area (Å²) in [6.07, 6.45) is 1.20. The van der Waals surface area contributed by atoms with Crippen LogP contribution in [0.5, 0.6) is 0 Å². The summed E-state index contributed by atoms with van der Waals surface area (Å²) < 4.78 is 22.8. The highest BCUT2D eigenvalue weighted by molar-refractivity contribution is 7.91. The summed E-state index contributed by atoms with van der Waals surface area (Å²) in [5.41, 5.74) is 3.58. The molecule has 0 spiro atoms. The standard InChI is InChI=1S/C12H19ClN2O2S/c1-2-18(16,17)9-5-8-12(15-14)10-6-3-4-7-11(10)13/h3-4,6-7,12,15H,2,5,8-9,14H2,1H3. The molecule has 1 rings (SSSR count). The molecule has 0 fully saturated rings. The Bertz CT molecular complexity index is 477. The molecule has 1 aromatic carbocycles. The van der Waals surface area contributed by atoms with Gasteiger partial charge in [-0.25, -0.2) is 8.42 Å². The van der Waals surface area contributed by atoms with Gasteiger partial charge in [0.15, 0.2) is 0 Å². The fraction of sp³-hybridized carbons (Fsp3) is 0.500. The largest absolute Gasteiger partial charge is 0.271 e. The minimum atomic E-state index is -2.92. The van der Waals surface area contributed by atoms with Gasteiger partial charge in [0.1, 0.15) is 9.84 Å². The number of sulfone groups is 1. The van der Waals surface area contributed by atoms with E-state index in [0.29, 0.717) is 17.9 Å². The predicted octanol–water partition coefficient (Wildman–Crippen LogP) is 2.06. The van der Waals surface area contributed by atoms with Gasteiger partial charge in [0, 0.05) is 16.8 Å². The van der Waals surface area contributed by atoms with Gasteiger partial charge in [-0.05, 0) is 24.5 Å². The average Bonchev–Trinajstić information content (AvgIpc) is 2.36. The van der Waals surface area contributed by atoms with Gasteiger partial charge in [0.25, 0.3) is 0 Å². The van der Waals surface area contributed by atoms with Crippen LogP contribution in [0.15, 0.2) is 24.3 Å². The number of nitrogens with two attached hydrogens (primary N) is 1. The maximum Gasteiger partial charge on any atom is 0.150 e. The number of hydrogen-bond donors (Lipinski definition) is 2. The lowest BCUT2D eigenvalue weighted by molar-refractivity contribution is 0.507. The fourth-order valence-corrected chi connectivity index (χ4v) is 2.90. The fourth-order valence-electron chi connectivity index (χ4n) is 1.74. The Labute approximate surface area is 113 Å². The maximum atomic E-state index is 11.4. The second kappa shape index (κ2) is 7.09. The molecule has 0 heterocycles. The molecule has 0 aliphatic rings. The molecule has 0 bridgehead atoms. The van der Waals surface area contributed by atoms with Gasteiger partial charge < -0.3 is 0 Å². The zero-order chi connectivity index (χ0) is 13.6. The lowest BCUT2D eigenvalue weighted by atomic mass is 10.0. The van der Waals surface area contributed by atoms with E-state index in [1.54, 1.807) is 13.0 Å². The predicted molar refractivity (Wildman–Crippen MR) is 75.1 cm³/mol. The van der Waals surface area contributed by atoms with E-state index in [1.807, 2.05) is 18.2 Å². The minimum Gasteiger partial charge on any atom is -0.271 e. The van der Waals surface area contributed by atoms with Crippen LogP contribution >= 0.6 is 11.6 Å². The quantitative estimate of drug-likeness (QED) is 0.595. The van der Waals surface area contributed by atoms with Crippen molar-refractivity contribution in [3.05, 3.63) is 34.9 Å². The Morgan fingerprint density at radius 3 is 2.61 bits per heavy atom. The molecular formula is C12H19ClN2O2S. The van der Waals surface area contributed by atoms with E-state index < -0.39 is 9.84 Å².